The quantitative estimate of drug-likeness (QED) is 0.116. The Hall–Kier alpha value is -13.2. The number of para-hydroxylation sites is 2. The molecule has 3 aliphatic rings. The van der Waals surface area contributed by atoms with Gasteiger partial charge in [0.2, 0.25) is 0 Å². The zero-order chi connectivity index (χ0) is 65.3. The number of hydrogen-bond donors (Lipinski definition) is 0. The summed E-state index contributed by atoms with van der Waals surface area (Å²) >= 11 is 0. The van der Waals surface area contributed by atoms with Crippen LogP contribution < -0.4 is 9.80 Å². The molecule has 19 rings (SSSR count). The molecule has 99 heavy (non-hydrogen) atoms. The molecule has 0 saturated heterocycles. The minimum atomic E-state index is -0.0898. The van der Waals surface area contributed by atoms with Crippen molar-refractivity contribution < 1.29 is 0 Å². The van der Waals surface area contributed by atoms with E-state index in [1.54, 1.807) is 0 Å². The molecule has 0 saturated carbocycles. The van der Waals surface area contributed by atoms with Crippen LogP contribution in [0.5, 0.6) is 0 Å². The van der Waals surface area contributed by atoms with Gasteiger partial charge in [0.05, 0.1) is 23.1 Å². The Morgan fingerprint density at radius 2 is 0.616 bits per heavy atom. The zero-order valence-electron chi connectivity index (χ0n) is 53.4. The van der Waals surface area contributed by atoms with Gasteiger partial charge in [0.25, 0.3) is 0 Å². The lowest BCUT2D eigenvalue weighted by Crippen LogP contribution is -2.38. The maximum Gasteiger partial charge on any atom is 0.164 e. The first-order chi connectivity index (χ1) is 49.0. The van der Waals surface area contributed by atoms with E-state index in [-0.39, 0.29) is 18.0 Å². The second kappa shape index (κ2) is 23.9. The number of benzene rings is 12. The van der Waals surface area contributed by atoms with Gasteiger partial charge in [0.1, 0.15) is 0 Å². The van der Waals surface area contributed by atoms with Crippen molar-refractivity contribution in [2.24, 2.45) is 0 Å². The first-order valence-electron chi connectivity index (χ1n) is 33.4. The Bertz CT molecular complexity index is 5640. The van der Waals surface area contributed by atoms with Gasteiger partial charge in [-0.2, -0.15) is 0 Å². The fourth-order valence-corrected chi connectivity index (χ4v) is 14.9. The van der Waals surface area contributed by atoms with E-state index in [2.05, 4.69) is 202 Å². The van der Waals surface area contributed by atoms with Crippen molar-refractivity contribution in [3.8, 4) is 108 Å². The molecule has 0 amide bonds. The van der Waals surface area contributed by atoms with Crippen LogP contribution in [-0.4, -0.2) is 61.5 Å². The second-order valence-corrected chi connectivity index (χ2v) is 25.3. The zero-order valence-corrected chi connectivity index (χ0v) is 53.4. The van der Waals surface area contributed by atoms with Crippen molar-refractivity contribution in [3.63, 3.8) is 0 Å². The topological polar surface area (TPSA) is 127 Å². The molecule has 6 heterocycles. The Morgan fingerprint density at radius 3 is 1.06 bits per heavy atom. The minimum Gasteiger partial charge on any atom is -0.334 e. The SMILES string of the molecule is C1=C2c3ccccc3N(c3cccc(-c4nc(-c5ccccc5)nc(-c5ccccc5)n4)c3)C2CC2c3cc4c(cc3N(c3cccc(-c5nc(-c6ccccc6)nc(-c6ccccc6)n5)c3)C12)c1ccccc1n4-c1cccc(-c2nc(-c3ccccc3)nc(-c3ccccc3)n2)c1. The third kappa shape index (κ3) is 10.2. The Morgan fingerprint density at radius 1 is 0.263 bits per heavy atom. The molecule has 12 aromatic carbocycles. The molecule has 3 unspecified atom stereocenters. The summed E-state index contributed by atoms with van der Waals surface area (Å²) in [7, 11) is 0. The molecule has 1 aliphatic carbocycles. The standard InChI is InChI=1S/C87H58N12/c1-7-26-55(27-8-1)79-88-80(56-28-9-2-10-29-56)92-85(91-79)61-38-23-41-64(48-61)97-73-46-21-19-44-67(73)69-51-77-71(53-75(69)97)72-54-76-70(52-78(72)99(77)66-43-25-40-63(50-66)87-95-83(59-34-15-5-16-35-59)90-84(96-87)60-36-17-6-18-37-60)68-45-20-22-47-74(68)98(76)65-42-24-39-62(49-65)86-93-81(57-30-11-3-12-31-57)89-82(94-86)58-32-13-4-14-33-58/h1-53,72,76,78H,54H2. The number of fused-ring (bicyclic) bond motifs is 9. The molecule has 12 nitrogen and oxygen atoms in total. The highest BCUT2D eigenvalue weighted by atomic mass is 15.2. The Kier molecular flexibility index (Phi) is 13.8. The monoisotopic (exact) mass is 1270 g/mol. The summed E-state index contributed by atoms with van der Waals surface area (Å²) in [6, 6.07) is 110. The molecule has 0 radical (unpaired) electrons. The predicted octanol–water partition coefficient (Wildman–Crippen LogP) is 20.0. The van der Waals surface area contributed by atoms with Gasteiger partial charge in [-0.1, -0.05) is 261 Å². The van der Waals surface area contributed by atoms with Crippen molar-refractivity contribution in [1.82, 2.24) is 49.4 Å². The number of rotatable bonds is 12. The van der Waals surface area contributed by atoms with Crippen LogP contribution in [0.15, 0.2) is 322 Å². The molecular formula is C87H58N12. The van der Waals surface area contributed by atoms with Crippen LogP contribution in [0.3, 0.4) is 0 Å². The van der Waals surface area contributed by atoms with Gasteiger partial charge in [-0.25, -0.2) is 44.9 Å². The maximum atomic E-state index is 5.25. The smallest absolute Gasteiger partial charge is 0.164 e. The molecule has 0 fully saturated rings. The van der Waals surface area contributed by atoms with Gasteiger partial charge in [0.15, 0.2) is 52.4 Å². The van der Waals surface area contributed by atoms with Crippen molar-refractivity contribution >= 4 is 50.1 Å². The van der Waals surface area contributed by atoms with Gasteiger partial charge in [0, 0.05) is 101 Å². The van der Waals surface area contributed by atoms with Gasteiger partial charge in [-0.15, -0.1) is 0 Å². The molecule has 0 bridgehead atoms. The fraction of sp³-hybridized carbons (Fsp3) is 0.0460. The number of aromatic nitrogens is 10. The summed E-state index contributed by atoms with van der Waals surface area (Å²) in [5.74, 6) is 5.52. The molecule has 4 aromatic heterocycles. The van der Waals surface area contributed by atoms with Crippen molar-refractivity contribution in [2.45, 2.75) is 24.4 Å². The number of nitrogens with zero attached hydrogens (tertiary/aromatic N) is 12. The van der Waals surface area contributed by atoms with Crippen LogP contribution in [0, 0.1) is 0 Å². The highest BCUT2D eigenvalue weighted by molar-refractivity contribution is 6.11. The predicted molar refractivity (Wildman–Crippen MR) is 396 cm³/mol. The summed E-state index contributed by atoms with van der Waals surface area (Å²) in [4.78, 5) is 51.6. The van der Waals surface area contributed by atoms with E-state index in [9.17, 15) is 0 Å². The van der Waals surface area contributed by atoms with Gasteiger partial charge < -0.3 is 14.4 Å². The normalized spacial score (nSPS) is 15.2. The largest absolute Gasteiger partial charge is 0.334 e. The van der Waals surface area contributed by atoms with Crippen LogP contribution in [-0.2, 0) is 0 Å². The molecule has 0 N–H and O–H groups in total. The molecule has 0 spiro atoms. The second-order valence-electron chi connectivity index (χ2n) is 25.3. The van der Waals surface area contributed by atoms with Gasteiger partial charge in [-0.05, 0) is 78.2 Å². The van der Waals surface area contributed by atoms with E-state index in [1.165, 1.54) is 16.7 Å². The molecule has 466 valence electrons. The minimum absolute atomic E-state index is 0.0227. The van der Waals surface area contributed by atoms with E-state index in [0.29, 0.717) is 52.4 Å². The van der Waals surface area contributed by atoms with Crippen molar-refractivity contribution in [2.75, 3.05) is 9.80 Å². The van der Waals surface area contributed by atoms with Gasteiger partial charge in [-0.3, -0.25) is 0 Å². The molecular weight excluding hydrogens is 1210 g/mol. The molecule has 3 atom stereocenters. The van der Waals surface area contributed by atoms with E-state index >= 15 is 0 Å². The third-order valence-electron chi connectivity index (χ3n) is 19.4. The highest BCUT2D eigenvalue weighted by Gasteiger charge is 2.48. The number of anilines is 4. The van der Waals surface area contributed by atoms with Crippen LogP contribution in [0.25, 0.3) is 136 Å². The van der Waals surface area contributed by atoms with E-state index in [1.807, 2.05) is 133 Å². The van der Waals surface area contributed by atoms with E-state index in [0.717, 1.165) is 107 Å². The Balaban J connectivity index is 0.782. The average Bonchev–Trinajstić information content (AvgIpc) is 1.54. The lowest BCUT2D eigenvalue weighted by Gasteiger charge is -2.37. The first kappa shape index (κ1) is 57.3. The average molecular weight is 1270 g/mol. The summed E-state index contributed by atoms with van der Waals surface area (Å²) in [5, 5.41) is 2.29. The van der Waals surface area contributed by atoms with Crippen LogP contribution in [0.1, 0.15) is 23.5 Å². The summed E-state index contributed by atoms with van der Waals surface area (Å²) in [6.07, 6.45) is 3.38. The lowest BCUT2D eigenvalue weighted by molar-refractivity contribution is 0.541. The lowest BCUT2D eigenvalue weighted by atomic mass is 9.79. The van der Waals surface area contributed by atoms with Crippen molar-refractivity contribution in [3.05, 3.63) is 333 Å². The van der Waals surface area contributed by atoms with Crippen LogP contribution in [0.4, 0.5) is 22.7 Å². The van der Waals surface area contributed by atoms with Gasteiger partial charge >= 0.3 is 0 Å². The van der Waals surface area contributed by atoms with Crippen LogP contribution in [0.2, 0.25) is 0 Å². The molecule has 16 aromatic rings. The summed E-state index contributed by atoms with van der Waals surface area (Å²) in [5.41, 5.74) is 19.6. The van der Waals surface area contributed by atoms with E-state index < -0.39 is 0 Å². The molecule has 2 aliphatic heterocycles. The number of hydrogen-bond acceptors (Lipinski definition) is 11. The van der Waals surface area contributed by atoms with Crippen molar-refractivity contribution in [1.29, 1.82) is 0 Å². The third-order valence-corrected chi connectivity index (χ3v) is 19.4. The highest BCUT2D eigenvalue weighted by Crippen LogP contribution is 2.58. The first-order valence-corrected chi connectivity index (χ1v) is 33.4. The van der Waals surface area contributed by atoms with E-state index in [4.69, 9.17) is 44.9 Å². The fourth-order valence-electron chi connectivity index (χ4n) is 14.9. The summed E-state index contributed by atoms with van der Waals surface area (Å²) < 4.78 is 2.43. The van der Waals surface area contributed by atoms with Crippen LogP contribution >= 0.6 is 0 Å². The molecule has 12 heteroatoms. The Labute approximate surface area is 571 Å². The maximum absolute atomic E-state index is 5.25. The summed E-state index contributed by atoms with van der Waals surface area (Å²) in [6.45, 7) is 0.